The van der Waals surface area contributed by atoms with Crippen molar-refractivity contribution in [1.29, 1.82) is 0 Å². The molecule has 11 aromatic rings. The van der Waals surface area contributed by atoms with Crippen LogP contribution in [0.5, 0.6) is 0 Å². The van der Waals surface area contributed by atoms with Crippen LogP contribution in [0.1, 0.15) is 0 Å². The van der Waals surface area contributed by atoms with Gasteiger partial charge in [0, 0.05) is 33.0 Å². The largest absolute Gasteiger partial charge is 0.455 e. The number of fused-ring (bicyclic) bond motifs is 6. The van der Waals surface area contributed by atoms with Gasteiger partial charge in [-0.15, -0.1) is 0 Å². The third-order valence-electron chi connectivity index (χ3n) is 11.1. The van der Waals surface area contributed by atoms with Gasteiger partial charge in [0.2, 0.25) is 0 Å². The lowest BCUT2D eigenvalue weighted by Crippen LogP contribution is -1.97. The standard InChI is InChI=1S/C54H34N2O/c1-3-14-35(15-4-1)40-31-41(46-23-13-24-49-48-22-11-12-25-52(48)57-53(46)49)33-42(32-40)50-34-51(56-54(55-50)37-17-5-2-6-18-37)47-21-10-9-20-44(47)39-28-29-45-38(30-39)27-26-36-16-7-8-19-43(36)45/h1-34H. The lowest BCUT2D eigenvalue weighted by Gasteiger charge is -2.15. The predicted molar refractivity (Wildman–Crippen MR) is 237 cm³/mol. The molecule has 9 aromatic carbocycles. The fraction of sp³-hybridized carbons (Fsp3) is 0. The maximum atomic E-state index is 6.56. The first-order valence-corrected chi connectivity index (χ1v) is 19.3. The minimum absolute atomic E-state index is 0.675. The van der Waals surface area contributed by atoms with Crippen LogP contribution in [0.15, 0.2) is 211 Å². The molecule has 0 fully saturated rings. The minimum Gasteiger partial charge on any atom is -0.455 e. The van der Waals surface area contributed by atoms with Crippen LogP contribution in [0, 0.1) is 0 Å². The molecule has 0 aliphatic carbocycles. The molecule has 0 N–H and O–H groups in total. The molecule has 2 heterocycles. The number of hydrogen-bond acceptors (Lipinski definition) is 3. The number of nitrogens with zero attached hydrogens (tertiary/aromatic N) is 2. The summed E-state index contributed by atoms with van der Waals surface area (Å²) in [5.41, 5.74) is 13.0. The molecule has 3 nitrogen and oxygen atoms in total. The maximum absolute atomic E-state index is 6.56. The Morgan fingerprint density at radius 2 is 0.912 bits per heavy atom. The fourth-order valence-corrected chi connectivity index (χ4v) is 8.29. The molecule has 0 saturated carbocycles. The number of hydrogen-bond donors (Lipinski definition) is 0. The zero-order chi connectivity index (χ0) is 37.7. The highest BCUT2D eigenvalue weighted by atomic mass is 16.3. The first-order valence-electron chi connectivity index (χ1n) is 19.3. The van der Waals surface area contributed by atoms with Gasteiger partial charge in [0.25, 0.3) is 0 Å². The Bertz CT molecular complexity index is 3290. The summed E-state index contributed by atoms with van der Waals surface area (Å²) >= 11 is 0. The van der Waals surface area contributed by atoms with Crippen molar-refractivity contribution < 1.29 is 4.42 Å². The summed E-state index contributed by atoms with van der Waals surface area (Å²) in [4.78, 5) is 10.6. The van der Waals surface area contributed by atoms with Crippen LogP contribution >= 0.6 is 0 Å². The van der Waals surface area contributed by atoms with Crippen LogP contribution in [-0.2, 0) is 0 Å². The minimum atomic E-state index is 0.675. The average molecular weight is 727 g/mol. The van der Waals surface area contributed by atoms with Crippen molar-refractivity contribution in [3.8, 4) is 67.3 Å². The highest BCUT2D eigenvalue weighted by Crippen LogP contribution is 2.41. The Morgan fingerprint density at radius 1 is 0.298 bits per heavy atom. The number of rotatable bonds is 6. The summed E-state index contributed by atoms with van der Waals surface area (Å²) in [6.45, 7) is 0. The summed E-state index contributed by atoms with van der Waals surface area (Å²) in [5.74, 6) is 0.675. The van der Waals surface area contributed by atoms with Crippen molar-refractivity contribution in [1.82, 2.24) is 9.97 Å². The summed E-state index contributed by atoms with van der Waals surface area (Å²) < 4.78 is 6.56. The van der Waals surface area contributed by atoms with E-state index in [1.165, 1.54) is 21.5 Å². The smallest absolute Gasteiger partial charge is 0.160 e. The second kappa shape index (κ2) is 13.6. The molecule has 0 aliphatic rings. The topological polar surface area (TPSA) is 38.9 Å². The molecule has 0 bridgehead atoms. The van der Waals surface area contributed by atoms with Gasteiger partial charge in [0.1, 0.15) is 11.2 Å². The van der Waals surface area contributed by atoms with Crippen molar-refractivity contribution in [3.63, 3.8) is 0 Å². The number of aromatic nitrogens is 2. The zero-order valence-corrected chi connectivity index (χ0v) is 30.9. The molecule has 3 heteroatoms. The molecule has 0 atom stereocenters. The van der Waals surface area contributed by atoms with Crippen molar-refractivity contribution in [2.75, 3.05) is 0 Å². The molecule has 0 radical (unpaired) electrons. The maximum Gasteiger partial charge on any atom is 0.160 e. The van der Waals surface area contributed by atoms with Crippen LogP contribution in [0.3, 0.4) is 0 Å². The highest BCUT2D eigenvalue weighted by molar-refractivity contribution is 6.10. The van der Waals surface area contributed by atoms with E-state index in [2.05, 4.69) is 176 Å². The first-order chi connectivity index (χ1) is 28.2. The lowest BCUT2D eigenvalue weighted by molar-refractivity contribution is 0.670. The van der Waals surface area contributed by atoms with Gasteiger partial charge in [-0.1, -0.05) is 170 Å². The Hall–Kier alpha value is -7.62. The summed E-state index contributed by atoms with van der Waals surface area (Å²) in [6.07, 6.45) is 0. The SMILES string of the molecule is c1ccc(-c2cc(-c3cc(-c4ccccc4-c4ccc5c(ccc6ccccc65)c4)nc(-c4ccccc4)n3)cc(-c3cccc4c3oc3ccccc34)c2)cc1. The molecule has 0 amide bonds. The van der Waals surface area contributed by atoms with Crippen LogP contribution in [0.2, 0.25) is 0 Å². The van der Waals surface area contributed by atoms with Crippen molar-refractivity contribution in [3.05, 3.63) is 206 Å². The van der Waals surface area contributed by atoms with Crippen LogP contribution in [-0.4, -0.2) is 9.97 Å². The van der Waals surface area contributed by atoms with Gasteiger partial charge in [0.15, 0.2) is 5.82 Å². The second-order valence-electron chi connectivity index (χ2n) is 14.5. The third kappa shape index (κ3) is 5.85. The van der Waals surface area contributed by atoms with Gasteiger partial charge >= 0.3 is 0 Å². The van der Waals surface area contributed by atoms with E-state index >= 15 is 0 Å². The zero-order valence-electron chi connectivity index (χ0n) is 30.9. The summed E-state index contributed by atoms with van der Waals surface area (Å²) in [7, 11) is 0. The molecule has 11 rings (SSSR count). The molecule has 57 heavy (non-hydrogen) atoms. The Kier molecular flexibility index (Phi) is 7.82. The molecule has 0 unspecified atom stereocenters. The van der Waals surface area contributed by atoms with E-state index in [0.29, 0.717) is 5.82 Å². The van der Waals surface area contributed by atoms with E-state index in [-0.39, 0.29) is 0 Å². The Morgan fingerprint density at radius 3 is 1.77 bits per heavy atom. The van der Waals surface area contributed by atoms with E-state index in [1.807, 2.05) is 30.3 Å². The first kappa shape index (κ1) is 32.8. The van der Waals surface area contributed by atoms with E-state index in [0.717, 1.165) is 83.4 Å². The van der Waals surface area contributed by atoms with Crippen molar-refractivity contribution in [2.24, 2.45) is 0 Å². The number of benzene rings is 9. The van der Waals surface area contributed by atoms with E-state index in [1.54, 1.807) is 0 Å². The molecule has 0 saturated heterocycles. The predicted octanol–water partition coefficient (Wildman–Crippen LogP) is 14.7. The van der Waals surface area contributed by atoms with E-state index < -0.39 is 0 Å². The molecule has 266 valence electrons. The van der Waals surface area contributed by atoms with E-state index in [9.17, 15) is 0 Å². The van der Waals surface area contributed by atoms with Crippen molar-refractivity contribution in [2.45, 2.75) is 0 Å². The quantitative estimate of drug-likeness (QED) is 0.160. The molecular weight excluding hydrogens is 693 g/mol. The Balaban J connectivity index is 1.12. The van der Waals surface area contributed by atoms with Gasteiger partial charge in [-0.05, 0) is 85.8 Å². The molecule has 2 aromatic heterocycles. The monoisotopic (exact) mass is 726 g/mol. The van der Waals surface area contributed by atoms with Gasteiger partial charge in [-0.3, -0.25) is 0 Å². The third-order valence-corrected chi connectivity index (χ3v) is 11.1. The van der Waals surface area contributed by atoms with Crippen LogP contribution in [0.25, 0.3) is 111 Å². The van der Waals surface area contributed by atoms with Gasteiger partial charge in [0.05, 0.1) is 11.4 Å². The number of furan rings is 1. The number of para-hydroxylation sites is 2. The summed E-state index contributed by atoms with van der Waals surface area (Å²) in [5, 5.41) is 7.17. The van der Waals surface area contributed by atoms with Crippen molar-refractivity contribution >= 4 is 43.5 Å². The molecular formula is C54H34N2O. The summed E-state index contributed by atoms with van der Waals surface area (Å²) in [6, 6.07) is 72.8. The van der Waals surface area contributed by atoms with Gasteiger partial charge in [-0.2, -0.15) is 0 Å². The normalized spacial score (nSPS) is 11.5. The van der Waals surface area contributed by atoms with Gasteiger partial charge < -0.3 is 4.42 Å². The molecule has 0 spiro atoms. The second-order valence-corrected chi connectivity index (χ2v) is 14.5. The fourth-order valence-electron chi connectivity index (χ4n) is 8.29. The van der Waals surface area contributed by atoms with Crippen LogP contribution in [0.4, 0.5) is 0 Å². The molecule has 0 aliphatic heterocycles. The van der Waals surface area contributed by atoms with E-state index in [4.69, 9.17) is 14.4 Å². The Labute approximate surface area is 330 Å². The van der Waals surface area contributed by atoms with Gasteiger partial charge in [-0.25, -0.2) is 9.97 Å². The lowest BCUT2D eigenvalue weighted by atomic mass is 9.92. The highest BCUT2D eigenvalue weighted by Gasteiger charge is 2.18. The average Bonchev–Trinajstić information content (AvgIpc) is 3.68. The van der Waals surface area contributed by atoms with Crippen LogP contribution < -0.4 is 0 Å².